The number of aromatic nitrogens is 3. The molecule has 0 spiro atoms. The van der Waals surface area contributed by atoms with Crippen LogP contribution in [0.25, 0.3) is 16.9 Å². The summed E-state index contributed by atoms with van der Waals surface area (Å²) in [5.74, 6) is 0.934. The molecule has 0 aliphatic heterocycles. The largest absolute Gasteiger partial charge is 0.429 e. The van der Waals surface area contributed by atoms with Crippen LogP contribution in [0.15, 0.2) is 113 Å². The van der Waals surface area contributed by atoms with Crippen molar-refractivity contribution >= 4 is 57.0 Å². The Morgan fingerprint density at radius 3 is 2.31 bits per heavy atom. The van der Waals surface area contributed by atoms with E-state index in [1.165, 1.54) is 10.8 Å². The van der Waals surface area contributed by atoms with Crippen molar-refractivity contribution in [1.29, 1.82) is 0 Å². The lowest BCUT2D eigenvalue weighted by molar-refractivity contribution is 0.515. The van der Waals surface area contributed by atoms with Crippen molar-refractivity contribution in [2.75, 3.05) is 10.6 Å². The Bertz CT molecular complexity index is 1830. The van der Waals surface area contributed by atoms with Crippen LogP contribution in [0.4, 0.5) is 22.9 Å². The van der Waals surface area contributed by atoms with Crippen molar-refractivity contribution in [3.05, 3.63) is 135 Å². The van der Waals surface area contributed by atoms with Crippen LogP contribution in [-0.2, 0) is 6.42 Å². The first-order valence-corrected chi connectivity index (χ1v) is 12.9. The molecule has 0 saturated carbocycles. The van der Waals surface area contributed by atoms with Gasteiger partial charge in [0.25, 0.3) is 5.56 Å². The Morgan fingerprint density at radius 1 is 0.769 bits per heavy atom. The molecule has 0 fully saturated rings. The maximum Gasteiger partial charge on any atom is 0.312 e. The highest BCUT2D eigenvalue weighted by atomic mass is 35.5. The van der Waals surface area contributed by atoms with E-state index in [0.717, 1.165) is 16.9 Å². The normalized spacial score (nSPS) is 11.0. The van der Waals surface area contributed by atoms with Gasteiger partial charge in [0.15, 0.2) is 5.82 Å². The van der Waals surface area contributed by atoms with Crippen molar-refractivity contribution in [2.24, 2.45) is 0 Å². The molecule has 0 saturated heterocycles. The zero-order valence-electron chi connectivity index (χ0n) is 20.4. The van der Waals surface area contributed by atoms with Gasteiger partial charge in [-0.1, -0.05) is 77.8 Å². The molecular formula is C30H21Cl2N5O2. The van der Waals surface area contributed by atoms with Gasteiger partial charge in [0.2, 0.25) is 0 Å². The van der Waals surface area contributed by atoms with E-state index in [4.69, 9.17) is 32.6 Å². The molecule has 0 radical (unpaired) electrons. The summed E-state index contributed by atoms with van der Waals surface area (Å²) in [7, 11) is 0. The summed E-state index contributed by atoms with van der Waals surface area (Å²) in [6.45, 7) is 0. The van der Waals surface area contributed by atoms with Gasteiger partial charge in [-0.05, 0) is 48.0 Å². The van der Waals surface area contributed by atoms with Gasteiger partial charge in [-0.2, -0.15) is 4.98 Å². The van der Waals surface area contributed by atoms with Crippen molar-refractivity contribution in [3.63, 3.8) is 0 Å². The maximum atomic E-state index is 13.7. The van der Waals surface area contributed by atoms with Crippen LogP contribution in [0, 0.1) is 0 Å². The summed E-state index contributed by atoms with van der Waals surface area (Å²) >= 11 is 12.8. The van der Waals surface area contributed by atoms with Gasteiger partial charge in [-0.3, -0.25) is 4.79 Å². The van der Waals surface area contributed by atoms with Crippen LogP contribution in [0.2, 0.25) is 10.0 Å². The minimum Gasteiger partial charge on any atom is -0.429 e. The van der Waals surface area contributed by atoms with Crippen molar-refractivity contribution in [2.45, 2.75) is 6.42 Å². The molecule has 6 aromatic rings. The molecular weight excluding hydrogens is 533 g/mol. The number of para-hydroxylation sites is 4. The van der Waals surface area contributed by atoms with E-state index in [-0.39, 0.29) is 11.6 Å². The van der Waals surface area contributed by atoms with E-state index < -0.39 is 0 Å². The summed E-state index contributed by atoms with van der Waals surface area (Å²) in [6.07, 6.45) is 1.78. The van der Waals surface area contributed by atoms with E-state index in [2.05, 4.69) is 15.6 Å². The number of hydrogen-bond acceptors (Lipinski definition) is 6. The van der Waals surface area contributed by atoms with Crippen molar-refractivity contribution in [3.8, 4) is 6.01 Å². The minimum atomic E-state index is -0.275. The van der Waals surface area contributed by atoms with Gasteiger partial charge in [-0.25, -0.2) is 9.55 Å². The van der Waals surface area contributed by atoms with E-state index >= 15 is 0 Å². The van der Waals surface area contributed by atoms with Gasteiger partial charge >= 0.3 is 6.01 Å². The molecule has 0 unspecified atom stereocenters. The summed E-state index contributed by atoms with van der Waals surface area (Å²) < 4.78 is 7.20. The molecule has 2 heterocycles. The maximum absolute atomic E-state index is 13.7. The number of anilines is 4. The molecule has 9 heteroatoms. The third kappa shape index (κ3) is 5.10. The lowest BCUT2D eigenvalue weighted by atomic mass is 10.1. The van der Waals surface area contributed by atoms with E-state index in [1.54, 1.807) is 30.3 Å². The summed E-state index contributed by atoms with van der Waals surface area (Å²) in [5, 5.41) is 7.99. The highest BCUT2D eigenvalue weighted by Gasteiger charge is 2.19. The molecule has 0 aliphatic carbocycles. The monoisotopic (exact) mass is 553 g/mol. The van der Waals surface area contributed by atoms with Gasteiger partial charge in [-0.15, -0.1) is 0 Å². The Hall–Kier alpha value is -4.59. The van der Waals surface area contributed by atoms with E-state index in [0.29, 0.717) is 44.7 Å². The van der Waals surface area contributed by atoms with Gasteiger partial charge in [0, 0.05) is 17.8 Å². The minimum absolute atomic E-state index is 0.117. The van der Waals surface area contributed by atoms with Crippen molar-refractivity contribution < 1.29 is 4.42 Å². The zero-order chi connectivity index (χ0) is 26.8. The second-order valence-corrected chi connectivity index (χ2v) is 9.56. The number of benzene rings is 4. The number of nitrogens with one attached hydrogen (secondary N) is 2. The predicted octanol–water partition coefficient (Wildman–Crippen LogP) is 7.76. The standard InChI is InChI=1S/C30H21Cl2N5O2/c31-22-13-8-14-23(32)28(22)35-24-15-6-4-9-19(24)17-27-34-25-16-7-5-12-21(25)29(38)37(27)30-36-26(18-39-30)33-20-10-2-1-3-11-20/h1-16,18,33,35H,17H2. The number of nitrogens with zero attached hydrogens (tertiary/aromatic N) is 3. The number of fused-ring (bicyclic) bond motifs is 1. The fourth-order valence-electron chi connectivity index (χ4n) is 4.31. The van der Waals surface area contributed by atoms with E-state index in [9.17, 15) is 4.79 Å². The molecule has 2 aromatic heterocycles. The Balaban J connectivity index is 1.43. The van der Waals surface area contributed by atoms with E-state index in [1.807, 2.05) is 66.7 Å². The first-order valence-electron chi connectivity index (χ1n) is 12.1. The first-order chi connectivity index (χ1) is 19.1. The fraction of sp³-hybridized carbons (Fsp3) is 0.0333. The molecule has 2 N–H and O–H groups in total. The molecule has 0 atom stereocenters. The quantitative estimate of drug-likeness (QED) is 0.210. The van der Waals surface area contributed by atoms with Crippen LogP contribution in [0.3, 0.4) is 0 Å². The zero-order valence-corrected chi connectivity index (χ0v) is 21.9. The molecule has 0 bridgehead atoms. The summed E-state index contributed by atoms with van der Waals surface area (Å²) in [6, 6.07) is 30.0. The second-order valence-electron chi connectivity index (χ2n) is 8.75. The lowest BCUT2D eigenvalue weighted by Gasteiger charge is -2.16. The Labute approximate surface area is 233 Å². The molecule has 4 aromatic carbocycles. The summed E-state index contributed by atoms with van der Waals surface area (Å²) in [5.41, 5.74) is 3.41. The summed E-state index contributed by atoms with van der Waals surface area (Å²) in [4.78, 5) is 23.1. The average molecular weight is 554 g/mol. The SMILES string of the molecule is O=c1c2ccccc2nc(Cc2ccccc2Nc2c(Cl)cccc2Cl)n1-c1nc(Nc2ccccc2)co1. The van der Waals surface area contributed by atoms with Crippen LogP contribution >= 0.6 is 23.2 Å². The van der Waals surface area contributed by atoms with Crippen LogP contribution in [-0.4, -0.2) is 14.5 Å². The first kappa shape index (κ1) is 24.7. The molecule has 6 rings (SSSR count). The molecule has 39 heavy (non-hydrogen) atoms. The smallest absolute Gasteiger partial charge is 0.312 e. The Kier molecular flexibility index (Phi) is 6.75. The third-order valence-corrected chi connectivity index (χ3v) is 6.79. The van der Waals surface area contributed by atoms with Crippen LogP contribution < -0.4 is 16.2 Å². The molecule has 0 aliphatic rings. The third-order valence-electron chi connectivity index (χ3n) is 6.16. The predicted molar refractivity (Wildman–Crippen MR) is 156 cm³/mol. The molecule has 7 nitrogen and oxygen atoms in total. The Morgan fingerprint density at radius 2 is 1.49 bits per heavy atom. The number of hydrogen-bond donors (Lipinski definition) is 2. The van der Waals surface area contributed by atoms with Gasteiger partial charge in [0.1, 0.15) is 12.1 Å². The average Bonchev–Trinajstić information content (AvgIpc) is 3.40. The highest BCUT2D eigenvalue weighted by molar-refractivity contribution is 6.39. The van der Waals surface area contributed by atoms with Crippen LogP contribution in [0.1, 0.15) is 11.4 Å². The lowest BCUT2D eigenvalue weighted by Crippen LogP contribution is -2.24. The number of rotatable bonds is 7. The highest BCUT2D eigenvalue weighted by Crippen LogP contribution is 2.34. The van der Waals surface area contributed by atoms with Gasteiger partial charge < -0.3 is 15.1 Å². The molecule has 192 valence electrons. The second kappa shape index (κ2) is 10.6. The topological polar surface area (TPSA) is 85.0 Å². The van der Waals surface area contributed by atoms with Crippen LogP contribution in [0.5, 0.6) is 0 Å². The fourth-order valence-corrected chi connectivity index (χ4v) is 4.80. The number of oxazole rings is 1. The molecule has 0 amide bonds. The van der Waals surface area contributed by atoms with Crippen molar-refractivity contribution in [1.82, 2.24) is 14.5 Å². The van der Waals surface area contributed by atoms with Gasteiger partial charge in [0.05, 0.1) is 26.6 Å². The number of halogens is 2.